The molecule has 1 aromatic heterocycles. The molecule has 0 aliphatic heterocycles. The molecule has 20 heavy (non-hydrogen) atoms. The van der Waals surface area contributed by atoms with Crippen LogP contribution in [-0.2, 0) is 17.3 Å². The zero-order valence-corrected chi connectivity index (χ0v) is 14.2. The second-order valence-electron chi connectivity index (χ2n) is 6.07. The zero-order chi connectivity index (χ0) is 14.8. The van der Waals surface area contributed by atoms with E-state index in [9.17, 15) is 0 Å². The molecular weight excluding hydrogens is 314 g/mol. The van der Waals surface area contributed by atoms with E-state index in [0.29, 0.717) is 5.92 Å². The second kappa shape index (κ2) is 6.08. The average Bonchev–Trinajstić information content (AvgIpc) is 2.82. The largest absolute Gasteiger partial charge is 0.313 e. The number of nitrogens with zero attached hydrogens (tertiary/aromatic N) is 3. The molecule has 0 radical (unpaired) electrons. The van der Waals surface area contributed by atoms with E-state index in [4.69, 9.17) is 0 Å². The number of benzene rings is 1. The topological polar surface area (TPSA) is 30.7 Å². The zero-order valence-electron chi connectivity index (χ0n) is 12.6. The molecule has 0 aliphatic rings. The van der Waals surface area contributed by atoms with Crippen LogP contribution in [0.25, 0.3) is 0 Å². The minimum atomic E-state index is -0.149. The molecule has 0 saturated heterocycles. The third-order valence-corrected chi connectivity index (χ3v) is 4.05. The number of halogens is 1. The number of hydrogen-bond acceptors (Lipinski definition) is 2. The van der Waals surface area contributed by atoms with Gasteiger partial charge in [-0.2, -0.15) is 0 Å². The summed E-state index contributed by atoms with van der Waals surface area (Å²) >= 11 is 3.51. The van der Waals surface area contributed by atoms with E-state index in [0.717, 1.165) is 23.5 Å². The minimum Gasteiger partial charge on any atom is -0.313 e. The second-order valence-corrected chi connectivity index (χ2v) is 6.63. The van der Waals surface area contributed by atoms with Crippen LogP contribution in [-0.4, -0.2) is 14.8 Å². The fraction of sp³-hybridized carbons (Fsp3) is 0.500. The van der Waals surface area contributed by atoms with Crippen LogP contribution in [0, 0.1) is 5.92 Å². The molecule has 2 aromatic rings. The maximum atomic E-state index is 4.47. The first kappa shape index (κ1) is 15.2. The van der Waals surface area contributed by atoms with Gasteiger partial charge in [0.15, 0.2) is 0 Å². The van der Waals surface area contributed by atoms with Crippen molar-refractivity contribution in [1.29, 1.82) is 0 Å². The lowest BCUT2D eigenvalue weighted by molar-refractivity contribution is 0.460. The van der Waals surface area contributed by atoms with E-state index in [-0.39, 0.29) is 5.41 Å². The molecule has 0 aliphatic carbocycles. The summed E-state index contributed by atoms with van der Waals surface area (Å²) in [5.74, 6) is 2.60. The highest BCUT2D eigenvalue weighted by atomic mass is 79.9. The maximum absolute atomic E-state index is 4.47. The molecule has 0 spiro atoms. The minimum absolute atomic E-state index is 0.149. The number of rotatable bonds is 5. The van der Waals surface area contributed by atoms with Crippen LogP contribution in [0.15, 0.2) is 30.3 Å². The SMILES string of the molecule is CC(C)Cn1c(CBr)nnc1C(C)(C)c1ccccc1. The Bertz CT molecular complexity index is 558. The summed E-state index contributed by atoms with van der Waals surface area (Å²) in [6.45, 7) is 9.80. The summed E-state index contributed by atoms with van der Waals surface area (Å²) in [5.41, 5.74) is 1.11. The van der Waals surface area contributed by atoms with Crippen LogP contribution in [0.4, 0.5) is 0 Å². The molecule has 2 rings (SSSR count). The Morgan fingerprint density at radius 3 is 2.35 bits per heavy atom. The Hall–Kier alpha value is -1.16. The quantitative estimate of drug-likeness (QED) is 0.768. The molecule has 0 amide bonds. The van der Waals surface area contributed by atoms with Crippen molar-refractivity contribution in [1.82, 2.24) is 14.8 Å². The van der Waals surface area contributed by atoms with Crippen molar-refractivity contribution in [2.75, 3.05) is 0 Å². The summed E-state index contributed by atoms with van der Waals surface area (Å²) in [6, 6.07) is 10.5. The Kier molecular flexibility index (Phi) is 4.63. The molecule has 3 nitrogen and oxygen atoms in total. The van der Waals surface area contributed by atoms with Gasteiger partial charge in [0.2, 0.25) is 0 Å². The maximum Gasteiger partial charge on any atom is 0.143 e. The highest BCUT2D eigenvalue weighted by Gasteiger charge is 2.30. The van der Waals surface area contributed by atoms with Crippen LogP contribution >= 0.6 is 15.9 Å². The smallest absolute Gasteiger partial charge is 0.143 e. The fourth-order valence-electron chi connectivity index (χ4n) is 2.44. The van der Waals surface area contributed by atoms with E-state index < -0.39 is 0 Å². The standard InChI is InChI=1S/C16H22BrN3/c1-12(2)11-20-14(10-17)18-19-15(20)16(3,4)13-8-6-5-7-9-13/h5-9,12H,10-11H2,1-4H3. The van der Waals surface area contributed by atoms with Crippen molar-refractivity contribution in [3.63, 3.8) is 0 Å². The van der Waals surface area contributed by atoms with Crippen LogP contribution in [0.3, 0.4) is 0 Å². The van der Waals surface area contributed by atoms with Crippen LogP contribution in [0.1, 0.15) is 44.9 Å². The lowest BCUT2D eigenvalue weighted by atomic mass is 9.83. The van der Waals surface area contributed by atoms with Gasteiger partial charge in [-0.1, -0.05) is 60.1 Å². The van der Waals surface area contributed by atoms with Gasteiger partial charge in [-0.15, -0.1) is 10.2 Å². The Morgan fingerprint density at radius 1 is 1.15 bits per heavy atom. The highest BCUT2D eigenvalue weighted by molar-refractivity contribution is 9.08. The van der Waals surface area contributed by atoms with Crippen molar-refractivity contribution in [3.05, 3.63) is 47.5 Å². The van der Waals surface area contributed by atoms with E-state index in [2.05, 4.69) is 82.7 Å². The van der Waals surface area contributed by atoms with Gasteiger partial charge in [0.1, 0.15) is 11.6 Å². The summed E-state index contributed by atoms with van der Waals surface area (Å²) < 4.78 is 2.26. The van der Waals surface area contributed by atoms with Crippen molar-refractivity contribution in [2.45, 2.75) is 45.0 Å². The van der Waals surface area contributed by atoms with E-state index in [1.807, 2.05) is 6.07 Å². The lowest BCUT2D eigenvalue weighted by Crippen LogP contribution is -2.26. The van der Waals surface area contributed by atoms with E-state index >= 15 is 0 Å². The van der Waals surface area contributed by atoms with Gasteiger partial charge in [0.05, 0.1) is 5.33 Å². The first-order valence-electron chi connectivity index (χ1n) is 7.01. The van der Waals surface area contributed by atoms with Gasteiger partial charge in [-0.3, -0.25) is 0 Å². The lowest BCUT2D eigenvalue weighted by Gasteiger charge is -2.26. The third-order valence-electron chi connectivity index (χ3n) is 3.55. The molecule has 0 bridgehead atoms. The summed E-state index contributed by atoms with van der Waals surface area (Å²) in [6.07, 6.45) is 0. The van der Waals surface area contributed by atoms with Gasteiger partial charge in [0.25, 0.3) is 0 Å². The Labute approximate surface area is 129 Å². The molecule has 0 unspecified atom stereocenters. The van der Waals surface area contributed by atoms with Crippen molar-refractivity contribution in [2.24, 2.45) is 5.92 Å². The summed E-state index contributed by atoms with van der Waals surface area (Å²) in [4.78, 5) is 0. The molecule has 1 aromatic carbocycles. The molecule has 1 heterocycles. The Morgan fingerprint density at radius 2 is 1.80 bits per heavy atom. The average molecular weight is 336 g/mol. The fourth-order valence-corrected chi connectivity index (χ4v) is 2.85. The van der Waals surface area contributed by atoms with E-state index in [1.54, 1.807) is 0 Å². The number of hydrogen-bond donors (Lipinski definition) is 0. The van der Waals surface area contributed by atoms with Gasteiger partial charge < -0.3 is 4.57 Å². The van der Waals surface area contributed by atoms with Crippen molar-refractivity contribution < 1.29 is 0 Å². The predicted octanol–water partition coefficient (Wildman–Crippen LogP) is 4.15. The molecule has 0 saturated carbocycles. The van der Waals surface area contributed by atoms with Crippen molar-refractivity contribution >= 4 is 15.9 Å². The Balaban J connectivity index is 2.49. The molecule has 108 valence electrons. The van der Waals surface area contributed by atoms with Crippen molar-refractivity contribution in [3.8, 4) is 0 Å². The number of alkyl halides is 1. The number of aromatic nitrogens is 3. The monoisotopic (exact) mass is 335 g/mol. The first-order chi connectivity index (χ1) is 9.46. The normalized spacial score (nSPS) is 12.1. The molecule has 0 atom stereocenters. The molecular formula is C16H22BrN3. The van der Waals surface area contributed by atoms with E-state index in [1.165, 1.54) is 5.56 Å². The van der Waals surface area contributed by atoms with Gasteiger partial charge in [0, 0.05) is 12.0 Å². The molecule has 4 heteroatoms. The molecule has 0 N–H and O–H groups in total. The van der Waals surface area contributed by atoms with Gasteiger partial charge in [-0.25, -0.2) is 0 Å². The molecule has 0 fully saturated rings. The summed E-state index contributed by atoms with van der Waals surface area (Å²) in [5, 5.41) is 9.55. The van der Waals surface area contributed by atoms with Gasteiger partial charge >= 0.3 is 0 Å². The third kappa shape index (κ3) is 2.95. The van der Waals surface area contributed by atoms with Gasteiger partial charge in [-0.05, 0) is 25.3 Å². The van der Waals surface area contributed by atoms with Crippen LogP contribution in [0.2, 0.25) is 0 Å². The first-order valence-corrected chi connectivity index (χ1v) is 8.13. The predicted molar refractivity (Wildman–Crippen MR) is 86.1 cm³/mol. The van der Waals surface area contributed by atoms with Crippen LogP contribution < -0.4 is 0 Å². The van der Waals surface area contributed by atoms with Crippen LogP contribution in [0.5, 0.6) is 0 Å². The highest BCUT2D eigenvalue weighted by Crippen LogP contribution is 2.31. The summed E-state index contributed by atoms with van der Waals surface area (Å²) in [7, 11) is 0.